The summed E-state index contributed by atoms with van der Waals surface area (Å²) in [4.78, 5) is 74.7. The van der Waals surface area contributed by atoms with Gasteiger partial charge in [-0.1, -0.05) is 0 Å². The normalized spacial score (nSPS) is 19.4. The van der Waals surface area contributed by atoms with Gasteiger partial charge in [-0.15, -0.1) is 0 Å². The van der Waals surface area contributed by atoms with Crippen LogP contribution in [0.2, 0.25) is 0 Å². The number of hydrogen-bond acceptors (Lipinski definition) is 9. The number of nitrogens with two attached hydrogens (primary N) is 6. The highest BCUT2D eigenvalue weighted by Crippen LogP contribution is 2.26. The molecule has 0 spiro atoms. The summed E-state index contributed by atoms with van der Waals surface area (Å²) in [7, 11) is 0. The number of carboxylic acids is 1. The highest BCUT2D eigenvalue weighted by atomic mass is 16.4. The summed E-state index contributed by atoms with van der Waals surface area (Å²) < 4.78 is 0. The summed E-state index contributed by atoms with van der Waals surface area (Å²) in [6.45, 7) is 1.81. The van der Waals surface area contributed by atoms with Crippen molar-refractivity contribution in [2.45, 2.75) is 107 Å². The Bertz CT molecular complexity index is 1130. The van der Waals surface area contributed by atoms with Gasteiger partial charge in [-0.3, -0.25) is 29.2 Å². The van der Waals surface area contributed by atoms with Gasteiger partial charge in [0, 0.05) is 32.7 Å². The van der Waals surface area contributed by atoms with Gasteiger partial charge in [0.15, 0.2) is 11.9 Å². The average Bonchev–Trinajstić information content (AvgIpc) is 3.71. The second-order valence-electron chi connectivity index (χ2n) is 12.0. The Hall–Kier alpha value is -4.19. The Morgan fingerprint density at radius 2 is 1.32 bits per heavy atom. The van der Waals surface area contributed by atoms with Gasteiger partial charge in [0.05, 0.1) is 12.1 Å². The molecule has 2 saturated heterocycles. The number of aliphatic imine (C=N–C) groups is 2. The largest absolute Gasteiger partial charge is 0.480 e. The van der Waals surface area contributed by atoms with Gasteiger partial charge < -0.3 is 59.9 Å². The zero-order valence-corrected chi connectivity index (χ0v) is 27.1. The van der Waals surface area contributed by atoms with Gasteiger partial charge in [0.1, 0.15) is 18.1 Å². The van der Waals surface area contributed by atoms with E-state index in [1.165, 1.54) is 9.80 Å². The monoisotopic (exact) mass is 666 g/mol. The smallest absolute Gasteiger partial charge is 0.326 e. The molecule has 0 bridgehead atoms. The molecule has 47 heavy (non-hydrogen) atoms. The van der Waals surface area contributed by atoms with Crippen LogP contribution in [0.3, 0.4) is 0 Å². The van der Waals surface area contributed by atoms with Crippen LogP contribution in [0.5, 0.6) is 0 Å². The van der Waals surface area contributed by atoms with Crippen LogP contribution in [-0.4, -0.2) is 119 Å². The van der Waals surface area contributed by atoms with E-state index >= 15 is 0 Å². The van der Waals surface area contributed by atoms with Crippen LogP contribution in [0.25, 0.3) is 0 Å². The lowest BCUT2D eigenvalue weighted by Crippen LogP contribution is -2.56. The second-order valence-corrected chi connectivity index (χ2v) is 12.0. The van der Waals surface area contributed by atoms with Crippen LogP contribution in [0.15, 0.2) is 9.98 Å². The zero-order chi connectivity index (χ0) is 34.9. The third-order valence-electron chi connectivity index (χ3n) is 8.33. The third kappa shape index (κ3) is 13.2. The summed E-state index contributed by atoms with van der Waals surface area (Å²) in [5.41, 5.74) is 33.3. The van der Waals surface area contributed by atoms with Crippen molar-refractivity contribution in [1.82, 2.24) is 20.4 Å². The predicted molar refractivity (Wildman–Crippen MR) is 176 cm³/mol. The quantitative estimate of drug-likeness (QED) is 0.0356. The van der Waals surface area contributed by atoms with E-state index in [4.69, 9.17) is 34.4 Å². The van der Waals surface area contributed by atoms with E-state index in [1.807, 2.05) is 0 Å². The van der Waals surface area contributed by atoms with Gasteiger partial charge >= 0.3 is 5.97 Å². The van der Waals surface area contributed by atoms with Crippen molar-refractivity contribution in [1.29, 1.82) is 0 Å². The lowest BCUT2D eigenvalue weighted by atomic mass is 10.1. The highest BCUT2D eigenvalue weighted by Gasteiger charge is 2.43. The molecule has 266 valence electrons. The number of amides is 4. The maximum atomic E-state index is 13.6. The van der Waals surface area contributed by atoms with E-state index in [0.717, 1.165) is 6.42 Å². The second kappa shape index (κ2) is 20.1. The minimum Gasteiger partial charge on any atom is -0.480 e. The number of rotatable bonds is 20. The van der Waals surface area contributed by atoms with Gasteiger partial charge in [-0.2, -0.15) is 0 Å². The molecular formula is C29H54N12O6. The summed E-state index contributed by atoms with van der Waals surface area (Å²) in [5.74, 6) is -2.74. The van der Waals surface area contributed by atoms with Crippen molar-refractivity contribution < 1.29 is 29.1 Å². The number of hydrogen-bond donors (Lipinski definition) is 9. The SMILES string of the molecule is NC(N)=NCCCCC(N)C(=O)NCCCC[C@H](N)C(=O)N1CCC[C@H]1C(=O)N1CCC[C@H]1C(=O)N[C@@H](CCCN=C(N)N)C(=O)O. The van der Waals surface area contributed by atoms with Crippen molar-refractivity contribution in [2.24, 2.45) is 44.4 Å². The van der Waals surface area contributed by atoms with E-state index in [0.29, 0.717) is 90.4 Å². The lowest BCUT2D eigenvalue weighted by molar-refractivity contribution is -0.148. The first-order valence-electron chi connectivity index (χ1n) is 16.4. The number of unbranched alkanes of at least 4 members (excludes halogenated alkanes) is 2. The summed E-state index contributed by atoms with van der Waals surface area (Å²) in [5, 5.41) is 14.9. The maximum Gasteiger partial charge on any atom is 0.326 e. The van der Waals surface area contributed by atoms with Crippen molar-refractivity contribution in [2.75, 3.05) is 32.7 Å². The predicted octanol–water partition coefficient (Wildman–Crippen LogP) is -3.02. The molecule has 18 heteroatoms. The summed E-state index contributed by atoms with van der Waals surface area (Å²) >= 11 is 0. The maximum absolute atomic E-state index is 13.6. The Kier molecular flexibility index (Phi) is 16.7. The fraction of sp³-hybridized carbons (Fsp3) is 0.759. The lowest BCUT2D eigenvalue weighted by Gasteiger charge is -2.32. The average molecular weight is 667 g/mol. The molecule has 1 unspecified atom stereocenters. The first kappa shape index (κ1) is 39.0. The van der Waals surface area contributed by atoms with E-state index in [1.54, 1.807) is 0 Å². The van der Waals surface area contributed by atoms with Crippen molar-refractivity contribution in [3.05, 3.63) is 0 Å². The first-order chi connectivity index (χ1) is 22.3. The van der Waals surface area contributed by atoms with Gasteiger partial charge in [-0.05, 0) is 77.0 Å². The van der Waals surface area contributed by atoms with Gasteiger partial charge in [-0.25, -0.2) is 4.79 Å². The van der Waals surface area contributed by atoms with E-state index in [2.05, 4.69) is 20.6 Å². The van der Waals surface area contributed by atoms with Crippen molar-refractivity contribution in [3.63, 3.8) is 0 Å². The first-order valence-corrected chi connectivity index (χ1v) is 16.4. The molecule has 0 aromatic heterocycles. The molecule has 2 fully saturated rings. The summed E-state index contributed by atoms with van der Waals surface area (Å²) in [6, 6.07) is -4.18. The highest BCUT2D eigenvalue weighted by molar-refractivity contribution is 5.94. The molecule has 0 aliphatic carbocycles. The Balaban J connectivity index is 1.81. The number of nitrogens with one attached hydrogen (secondary N) is 2. The molecule has 4 amide bonds. The number of carboxylic acid groups (broad SMARTS) is 1. The van der Waals surface area contributed by atoms with Crippen molar-refractivity contribution in [3.8, 4) is 0 Å². The number of guanidine groups is 2. The van der Waals surface area contributed by atoms with Crippen LogP contribution in [0, 0.1) is 0 Å². The standard InChI is InChI=1S/C29H54N12O6/c30-18(8-1-4-14-37-28(32)33)23(42)36-13-3-2-9-19(31)25(44)41-17-7-12-22(41)26(45)40-16-6-11-21(40)24(43)39-20(27(46)47)10-5-15-38-29(34)35/h18-22H,1-17,30-31H2,(H,36,42)(H,39,43)(H,46,47)(H4,32,33,37)(H4,34,35,38)/t18?,19-,20-,21-,22-/m0/s1. The molecule has 18 nitrogen and oxygen atoms in total. The molecule has 2 aliphatic heterocycles. The van der Waals surface area contributed by atoms with Crippen LogP contribution in [0.1, 0.15) is 77.0 Å². The molecule has 0 radical (unpaired) electrons. The molecule has 2 aliphatic rings. The zero-order valence-electron chi connectivity index (χ0n) is 27.1. The van der Waals surface area contributed by atoms with Crippen LogP contribution in [-0.2, 0) is 24.0 Å². The fourth-order valence-electron chi connectivity index (χ4n) is 5.79. The van der Waals surface area contributed by atoms with Gasteiger partial charge in [0.25, 0.3) is 0 Å². The van der Waals surface area contributed by atoms with Crippen molar-refractivity contribution >= 4 is 41.5 Å². The van der Waals surface area contributed by atoms with Gasteiger partial charge in [0.2, 0.25) is 23.6 Å². The van der Waals surface area contributed by atoms with E-state index in [9.17, 15) is 29.1 Å². The molecular weight excluding hydrogens is 612 g/mol. The molecule has 5 atom stereocenters. The molecule has 0 aromatic rings. The van der Waals surface area contributed by atoms with E-state index < -0.39 is 42.1 Å². The molecule has 0 aromatic carbocycles. The molecule has 2 rings (SSSR count). The molecule has 0 saturated carbocycles. The van der Waals surface area contributed by atoms with Crippen LogP contribution in [0.4, 0.5) is 0 Å². The minimum absolute atomic E-state index is 0.0304. The van der Waals surface area contributed by atoms with Crippen LogP contribution < -0.4 is 45.0 Å². The Morgan fingerprint density at radius 1 is 0.745 bits per heavy atom. The number of likely N-dealkylation sites (tertiary alicyclic amines) is 2. The molecule has 2 heterocycles. The Labute approximate surface area is 275 Å². The number of carbonyl (C=O) groups excluding carboxylic acids is 4. The van der Waals surface area contributed by atoms with E-state index in [-0.39, 0.29) is 42.6 Å². The number of nitrogens with zero attached hydrogens (tertiary/aromatic N) is 4. The minimum atomic E-state index is -1.20. The third-order valence-corrected chi connectivity index (χ3v) is 8.33. The molecule has 15 N–H and O–H groups in total. The number of carbonyl (C=O) groups is 5. The fourth-order valence-corrected chi connectivity index (χ4v) is 5.79. The number of aliphatic carboxylic acids is 1. The topological polar surface area (TPSA) is 317 Å². The van der Waals surface area contributed by atoms with Crippen LogP contribution >= 0.6 is 0 Å². The summed E-state index contributed by atoms with van der Waals surface area (Å²) in [6.07, 6.45) is 5.99. The Morgan fingerprint density at radius 3 is 1.96 bits per heavy atom.